The molecule has 0 atom stereocenters. The maximum atomic E-state index is 12.6. The van der Waals surface area contributed by atoms with E-state index in [2.05, 4.69) is 15.0 Å². The molecule has 0 aliphatic rings. The van der Waals surface area contributed by atoms with E-state index in [9.17, 15) is 13.2 Å². The van der Waals surface area contributed by atoms with E-state index < -0.39 is 11.7 Å². The highest BCUT2D eigenvalue weighted by molar-refractivity contribution is 5.69. The van der Waals surface area contributed by atoms with Gasteiger partial charge >= 0.3 is 6.18 Å². The van der Waals surface area contributed by atoms with E-state index in [0.29, 0.717) is 17.0 Å². The van der Waals surface area contributed by atoms with Crippen molar-refractivity contribution in [1.82, 2.24) is 15.0 Å². The van der Waals surface area contributed by atoms with Crippen LogP contribution in [0, 0.1) is 6.92 Å². The Labute approximate surface area is 130 Å². The van der Waals surface area contributed by atoms with E-state index in [4.69, 9.17) is 0 Å². The molecule has 3 aromatic rings. The third-order valence-corrected chi connectivity index (χ3v) is 3.34. The van der Waals surface area contributed by atoms with Crippen molar-refractivity contribution < 1.29 is 13.2 Å². The maximum absolute atomic E-state index is 12.6. The SMILES string of the molecule is Cc1cc(-c2ccc(C(F)(F)F)cc2)cc(-c2ccncn2)n1. The molecule has 2 heterocycles. The molecule has 116 valence electrons. The van der Waals surface area contributed by atoms with Gasteiger partial charge < -0.3 is 0 Å². The lowest BCUT2D eigenvalue weighted by Crippen LogP contribution is -2.04. The van der Waals surface area contributed by atoms with Crippen molar-refractivity contribution in [3.8, 4) is 22.5 Å². The highest BCUT2D eigenvalue weighted by Crippen LogP contribution is 2.31. The second kappa shape index (κ2) is 5.79. The molecule has 6 heteroatoms. The first-order valence-electron chi connectivity index (χ1n) is 6.86. The third kappa shape index (κ3) is 3.36. The molecule has 0 saturated carbocycles. The molecule has 0 saturated heterocycles. The fourth-order valence-electron chi connectivity index (χ4n) is 2.26. The predicted molar refractivity (Wildman–Crippen MR) is 80.4 cm³/mol. The van der Waals surface area contributed by atoms with Gasteiger partial charge in [0.25, 0.3) is 0 Å². The molecular weight excluding hydrogens is 303 g/mol. The van der Waals surface area contributed by atoms with Crippen LogP contribution in [0.3, 0.4) is 0 Å². The Bertz CT molecular complexity index is 813. The van der Waals surface area contributed by atoms with E-state index in [1.54, 1.807) is 18.3 Å². The first kappa shape index (κ1) is 15.1. The molecule has 3 nitrogen and oxygen atoms in total. The summed E-state index contributed by atoms with van der Waals surface area (Å²) in [6.45, 7) is 1.83. The van der Waals surface area contributed by atoms with Crippen LogP contribution < -0.4 is 0 Å². The van der Waals surface area contributed by atoms with Gasteiger partial charge in [0.05, 0.1) is 17.0 Å². The molecule has 0 spiro atoms. The number of alkyl halides is 3. The molecule has 0 aliphatic heterocycles. The Hall–Kier alpha value is -2.76. The zero-order chi connectivity index (χ0) is 16.4. The second-order valence-electron chi connectivity index (χ2n) is 5.05. The van der Waals surface area contributed by atoms with Gasteiger partial charge in [-0.3, -0.25) is 4.98 Å². The lowest BCUT2D eigenvalue weighted by Gasteiger charge is -2.09. The Morgan fingerprint density at radius 3 is 2.22 bits per heavy atom. The summed E-state index contributed by atoms with van der Waals surface area (Å²) in [5, 5.41) is 0. The predicted octanol–water partition coefficient (Wildman–Crippen LogP) is 4.53. The van der Waals surface area contributed by atoms with Gasteiger partial charge in [0.15, 0.2) is 0 Å². The summed E-state index contributed by atoms with van der Waals surface area (Å²) in [7, 11) is 0. The summed E-state index contributed by atoms with van der Waals surface area (Å²) >= 11 is 0. The molecule has 0 radical (unpaired) electrons. The van der Waals surface area contributed by atoms with E-state index in [1.807, 2.05) is 13.0 Å². The quantitative estimate of drug-likeness (QED) is 0.697. The first-order chi connectivity index (χ1) is 10.9. The van der Waals surface area contributed by atoms with Crippen molar-refractivity contribution in [2.24, 2.45) is 0 Å². The summed E-state index contributed by atoms with van der Waals surface area (Å²) in [5.41, 5.74) is 2.90. The summed E-state index contributed by atoms with van der Waals surface area (Å²) < 4.78 is 37.9. The standard InChI is InChI=1S/C17H12F3N3/c1-11-8-13(9-16(23-11)15-6-7-21-10-22-15)12-2-4-14(5-3-12)17(18,19)20/h2-10H,1H3. The number of benzene rings is 1. The zero-order valence-corrected chi connectivity index (χ0v) is 12.2. The highest BCUT2D eigenvalue weighted by atomic mass is 19.4. The molecule has 0 N–H and O–H groups in total. The van der Waals surface area contributed by atoms with Gasteiger partial charge in [-0.2, -0.15) is 13.2 Å². The van der Waals surface area contributed by atoms with E-state index in [0.717, 1.165) is 23.4 Å². The topological polar surface area (TPSA) is 38.7 Å². The summed E-state index contributed by atoms with van der Waals surface area (Å²) in [6.07, 6.45) is -1.29. The van der Waals surface area contributed by atoms with Gasteiger partial charge in [0, 0.05) is 11.9 Å². The van der Waals surface area contributed by atoms with E-state index >= 15 is 0 Å². The minimum atomic E-state index is -4.33. The van der Waals surface area contributed by atoms with Crippen molar-refractivity contribution in [2.45, 2.75) is 13.1 Å². The third-order valence-electron chi connectivity index (χ3n) is 3.34. The Morgan fingerprint density at radius 1 is 0.870 bits per heavy atom. The van der Waals surface area contributed by atoms with Crippen LogP contribution in [0.15, 0.2) is 55.0 Å². The molecule has 0 aliphatic carbocycles. The van der Waals surface area contributed by atoms with Crippen molar-refractivity contribution in [3.63, 3.8) is 0 Å². The van der Waals surface area contributed by atoms with Crippen LogP contribution >= 0.6 is 0 Å². The van der Waals surface area contributed by atoms with Crippen LogP contribution in [0.5, 0.6) is 0 Å². The van der Waals surface area contributed by atoms with Crippen LogP contribution in [-0.2, 0) is 6.18 Å². The van der Waals surface area contributed by atoms with E-state index in [-0.39, 0.29) is 0 Å². The molecule has 0 unspecified atom stereocenters. The number of aromatic nitrogens is 3. The molecule has 1 aromatic carbocycles. The highest BCUT2D eigenvalue weighted by Gasteiger charge is 2.29. The number of halogens is 3. The van der Waals surface area contributed by atoms with Crippen LogP contribution in [-0.4, -0.2) is 15.0 Å². The molecule has 0 bridgehead atoms. The van der Waals surface area contributed by atoms with Gasteiger partial charge in [-0.25, -0.2) is 9.97 Å². The first-order valence-corrected chi connectivity index (χ1v) is 6.86. The minimum Gasteiger partial charge on any atom is -0.251 e. The number of aryl methyl sites for hydroxylation is 1. The monoisotopic (exact) mass is 315 g/mol. The molecule has 23 heavy (non-hydrogen) atoms. The van der Waals surface area contributed by atoms with Gasteiger partial charge in [0.1, 0.15) is 6.33 Å². The lowest BCUT2D eigenvalue weighted by molar-refractivity contribution is -0.137. The molecule has 0 fully saturated rings. The Kier molecular flexibility index (Phi) is 3.82. The van der Waals surface area contributed by atoms with Crippen LogP contribution in [0.2, 0.25) is 0 Å². The summed E-state index contributed by atoms with van der Waals surface area (Å²) in [4.78, 5) is 12.4. The number of nitrogens with zero attached hydrogens (tertiary/aromatic N) is 3. The van der Waals surface area contributed by atoms with Gasteiger partial charge in [0.2, 0.25) is 0 Å². The summed E-state index contributed by atoms with van der Waals surface area (Å²) in [5.74, 6) is 0. The molecule has 2 aromatic heterocycles. The number of hydrogen-bond donors (Lipinski definition) is 0. The Balaban J connectivity index is 2.02. The van der Waals surface area contributed by atoms with Crippen molar-refractivity contribution >= 4 is 0 Å². The fraction of sp³-hybridized carbons (Fsp3) is 0.118. The zero-order valence-electron chi connectivity index (χ0n) is 12.2. The average molecular weight is 315 g/mol. The second-order valence-corrected chi connectivity index (χ2v) is 5.05. The number of rotatable bonds is 2. The van der Waals surface area contributed by atoms with Crippen molar-refractivity contribution in [3.05, 3.63) is 66.2 Å². The number of hydrogen-bond acceptors (Lipinski definition) is 3. The summed E-state index contributed by atoms with van der Waals surface area (Å²) in [6, 6.07) is 10.4. The van der Waals surface area contributed by atoms with Crippen molar-refractivity contribution in [2.75, 3.05) is 0 Å². The van der Waals surface area contributed by atoms with Gasteiger partial charge in [-0.1, -0.05) is 12.1 Å². The smallest absolute Gasteiger partial charge is 0.251 e. The van der Waals surface area contributed by atoms with Crippen LogP contribution in [0.1, 0.15) is 11.3 Å². The number of pyridine rings is 1. The van der Waals surface area contributed by atoms with E-state index in [1.165, 1.54) is 18.5 Å². The largest absolute Gasteiger partial charge is 0.416 e. The Morgan fingerprint density at radius 2 is 1.61 bits per heavy atom. The lowest BCUT2D eigenvalue weighted by atomic mass is 10.0. The fourth-order valence-corrected chi connectivity index (χ4v) is 2.26. The van der Waals surface area contributed by atoms with Crippen LogP contribution in [0.25, 0.3) is 22.5 Å². The normalized spacial score (nSPS) is 11.5. The molecule has 3 rings (SSSR count). The maximum Gasteiger partial charge on any atom is 0.416 e. The van der Waals surface area contributed by atoms with Crippen LogP contribution in [0.4, 0.5) is 13.2 Å². The molecular formula is C17H12F3N3. The average Bonchev–Trinajstić information content (AvgIpc) is 2.54. The van der Waals surface area contributed by atoms with Gasteiger partial charge in [-0.15, -0.1) is 0 Å². The van der Waals surface area contributed by atoms with Gasteiger partial charge in [-0.05, 0) is 48.4 Å². The molecule has 0 amide bonds. The minimum absolute atomic E-state index is 0.655. The van der Waals surface area contributed by atoms with Crippen molar-refractivity contribution in [1.29, 1.82) is 0 Å².